The van der Waals surface area contributed by atoms with Gasteiger partial charge < -0.3 is 59.1 Å². The zero-order valence-corrected chi connectivity index (χ0v) is 23.6. The Balaban J connectivity index is 5.21. The van der Waals surface area contributed by atoms with Crippen LogP contribution >= 0.6 is 0 Å². The van der Waals surface area contributed by atoms with E-state index in [2.05, 4.69) is 26.6 Å². The van der Waals surface area contributed by atoms with E-state index >= 15 is 0 Å². The summed E-state index contributed by atoms with van der Waals surface area (Å²) in [6, 6.07) is -5.28. The van der Waals surface area contributed by atoms with Gasteiger partial charge in [0.25, 0.3) is 0 Å². The standard InChI is InChI=1S/C24H44N8O10/c1-13(33)20(24(41)42)32-23(40)16(7-3-5-9-26)31-18(35)12-29-22(39)15(6-2-4-8-25)30-17(34)11-28-21(38)14(27)10-19(36)37/h13-16,20,33H,2-12,25-27H2,1H3,(H,28,38)(H,29,39)(H,30,34)(H,31,35)(H,32,40)(H,36,37)(H,41,42)/t13-,14+,15+,16+,20+/m1/s1. The van der Waals surface area contributed by atoms with Crippen LogP contribution in [-0.2, 0) is 33.6 Å². The summed E-state index contributed by atoms with van der Waals surface area (Å²) >= 11 is 0. The summed E-state index contributed by atoms with van der Waals surface area (Å²) in [5, 5.41) is 39.1. The second kappa shape index (κ2) is 20.9. The van der Waals surface area contributed by atoms with Crippen molar-refractivity contribution in [1.82, 2.24) is 26.6 Å². The van der Waals surface area contributed by atoms with Crippen LogP contribution in [-0.4, -0.2) is 113 Å². The van der Waals surface area contributed by atoms with Crippen LogP contribution in [0.15, 0.2) is 0 Å². The van der Waals surface area contributed by atoms with Crippen molar-refractivity contribution in [3.8, 4) is 0 Å². The molecule has 0 saturated carbocycles. The third-order valence-electron chi connectivity index (χ3n) is 5.82. The van der Waals surface area contributed by atoms with Crippen LogP contribution in [0.25, 0.3) is 0 Å². The molecule has 0 rings (SSSR count). The van der Waals surface area contributed by atoms with Gasteiger partial charge in [-0.05, 0) is 58.5 Å². The Bertz CT molecular complexity index is 933. The summed E-state index contributed by atoms with van der Waals surface area (Å²) in [6.07, 6.45) is 0.102. The summed E-state index contributed by atoms with van der Waals surface area (Å²) in [5.41, 5.74) is 16.4. The second-order valence-corrected chi connectivity index (χ2v) is 9.51. The molecule has 240 valence electrons. The number of carboxylic acid groups (broad SMARTS) is 2. The lowest BCUT2D eigenvalue weighted by Gasteiger charge is -2.23. The molecule has 0 aromatic carbocycles. The number of hydrogen-bond acceptors (Lipinski definition) is 11. The number of carboxylic acids is 2. The van der Waals surface area contributed by atoms with E-state index in [0.29, 0.717) is 38.8 Å². The Morgan fingerprint density at radius 2 is 1.14 bits per heavy atom. The van der Waals surface area contributed by atoms with Crippen LogP contribution in [0.2, 0.25) is 0 Å². The third-order valence-corrected chi connectivity index (χ3v) is 5.82. The molecule has 0 bridgehead atoms. The molecule has 0 aromatic heterocycles. The molecular weight excluding hydrogens is 560 g/mol. The van der Waals surface area contributed by atoms with Crippen molar-refractivity contribution >= 4 is 41.5 Å². The van der Waals surface area contributed by atoms with Gasteiger partial charge in [0.2, 0.25) is 29.5 Å². The Morgan fingerprint density at radius 3 is 1.55 bits per heavy atom. The molecule has 0 aliphatic rings. The van der Waals surface area contributed by atoms with Crippen molar-refractivity contribution in [3.63, 3.8) is 0 Å². The van der Waals surface area contributed by atoms with Crippen molar-refractivity contribution in [2.24, 2.45) is 17.2 Å². The molecule has 0 radical (unpaired) electrons. The van der Waals surface area contributed by atoms with Gasteiger partial charge in [0, 0.05) is 0 Å². The third kappa shape index (κ3) is 16.4. The lowest BCUT2D eigenvalue weighted by molar-refractivity contribution is -0.145. The second-order valence-electron chi connectivity index (χ2n) is 9.51. The normalized spacial score (nSPS) is 14.3. The van der Waals surface area contributed by atoms with E-state index < -0.39 is 91.3 Å². The fraction of sp³-hybridized carbons (Fsp3) is 0.708. The SMILES string of the molecule is C[C@@H](O)[C@H](NC(=O)[C@H](CCCCN)NC(=O)CNC(=O)[C@H](CCCCN)NC(=O)CNC(=O)[C@@H](N)CC(=O)O)C(=O)O. The van der Waals surface area contributed by atoms with Crippen LogP contribution in [0, 0.1) is 0 Å². The average molecular weight is 605 g/mol. The van der Waals surface area contributed by atoms with Gasteiger partial charge >= 0.3 is 11.9 Å². The maximum Gasteiger partial charge on any atom is 0.328 e. The molecule has 5 atom stereocenters. The highest BCUT2D eigenvalue weighted by Gasteiger charge is 2.29. The number of hydrogen-bond donors (Lipinski definition) is 11. The van der Waals surface area contributed by atoms with Crippen molar-refractivity contribution in [1.29, 1.82) is 0 Å². The van der Waals surface area contributed by atoms with E-state index in [9.17, 15) is 43.8 Å². The molecule has 14 N–H and O–H groups in total. The minimum atomic E-state index is -1.61. The molecule has 5 amide bonds. The van der Waals surface area contributed by atoms with Gasteiger partial charge in [-0.1, -0.05) is 0 Å². The van der Waals surface area contributed by atoms with Crippen LogP contribution in [0.4, 0.5) is 0 Å². The van der Waals surface area contributed by atoms with Gasteiger partial charge in [0.15, 0.2) is 6.04 Å². The first-order chi connectivity index (χ1) is 19.7. The predicted octanol–water partition coefficient (Wildman–Crippen LogP) is -4.80. The van der Waals surface area contributed by atoms with Gasteiger partial charge in [-0.3, -0.25) is 28.8 Å². The van der Waals surface area contributed by atoms with Crippen molar-refractivity contribution < 1.29 is 48.9 Å². The van der Waals surface area contributed by atoms with Crippen molar-refractivity contribution in [2.45, 2.75) is 82.1 Å². The fourth-order valence-corrected chi connectivity index (χ4v) is 3.53. The van der Waals surface area contributed by atoms with Gasteiger partial charge in [0.1, 0.15) is 12.1 Å². The van der Waals surface area contributed by atoms with Gasteiger partial charge in [0.05, 0.1) is 31.7 Å². The highest BCUT2D eigenvalue weighted by atomic mass is 16.4. The first-order valence-electron chi connectivity index (χ1n) is 13.5. The minimum Gasteiger partial charge on any atom is -0.481 e. The van der Waals surface area contributed by atoms with Crippen LogP contribution in [0.1, 0.15) is 51.9 Å². The number of carbonyl (C=O) groups excluding carboxylic acids is 5. The van der Waals surface area contributed by atoms with E-state index in [0.717, 1.165) is 0 Å². The number of nitrogens with one attached hydrogen (secondary N) is 5. The van der Waals surface area contributed by atoms with Crippen LogP contribution in [0.5, 0.6) is 0 Å². The topological polar surface area (TPSA) is 318 Å². The van der Waals surface area contributed by atoms with Crippen LogP contribution in [0.3, 0.4) is 0 Å². The number of unbranched alkanes of at least 4 members (excludes halogenated alkanes) is 2. The van der Waals surface area contributed by atoms with Crippen molar-refractivity contribution in [2.75, 3.05) is 26.2 Å². The summed E-state index contributed by atoms with van der Waals surface area (Å²) in [5.74, 6) is -6.79. The fourth-order valence-electron chi connectivity index (χ4n) is 3.53. The van der Waals surface area contributed by atoms with Crippen molar-refractivity contribution in [3.05, 3.63) is 0 Å². The summed E-state index contributed by atoms with van der Waals surface area (Å²) in [7, 11) is 0. The first kappa shape index (κ1) is 38.1. The lowest BCUT2D eigenvalue weighted by Crippen LogP contribution is -2.56. The molecule has 42 heavy (non-hydrogen) atoms. The van der Waals surface area contributed by atoms with E-state index in [1.54, 1.807) is 0 Å². The first-order valence-corrected chi connectivity index (χ1v) is 13.5. The maximum absolute atomic E-state index is 12.8. The predicted molar refractivity (Wildman–Crippen MR) is 147 cm³/mol. The van der Waals surface area contributed by atoms with Crippen LogP contribution < -0.4 is 43.8 Å². The van der Waals surface area contributed by atoms with Gasteiger partial charge in [-0.2, -0.15) is 0 Å². The molecule has 0 aromatic rings. The molecular formula is C24H44N8O10. The van der Waals surface area contributed by atoms with E-state index in [1.165, 1.54) is 6.92 Å². The Kier molecular flexibility index (Phi) is 19.0. The zero-order chi connectivity index (χ0) is 32.2. The largest absolute Gasteiger partial charge is 0.481 e. The maximum atomic E-state index is 12.8. The summed E-state index contributed by atoms with van der Waals surface area (Å²) in [6.45, 7) is 0.647. The molecule has 0 saturated heterocycles. The smallest absolute Gasteiger partial charge is 0.328 e. The van der Waals surface area contributed by atoms with E-state index in [-0.39, 0.29) is 12.8 Å². The Morgan fingerprint density at radius 1 is 0.690 bits per heavy atom. The zero-order valence-electron chi connectivity index (χ0n) is 23.6. The Labute approximate surface area is 242 Å². The minimum absolute atomic E-state index is 0.106. The average Bonchev–Trinajstić information content (AvgIpc) is 2.91. The molecule has 0 aliphatic heterocycles. The molecule has 0 aliphatic carbocycles. The molecule has 0 unspecified atom stereocenters. The summed E-state index contributed by atoms with van der Waals surface area (Å²) < 4.78 is 0. The molecule has 18 nitrogen and oxygen atoms in total. The van der Waals surface area contributed by atoms with Gasteiger partial charge in [-0.15, -0.1) is 0 Å². The van der Waals surface area contributed by atoms with E-state index in [1.807, 2.05) is 0 Å². The summed E-state index contributed by atoms with van der Waals surface area (Å²) in [4.78, 5) is 84.2. The molecule has 0 heterocycles. The molecule has 0 spiro atoms. The lowest BCUT2D eigenvalue weighted by atomic mass is 10.1. The number of amides is 5. The monoisotopic (exact) mass is 604 g/mol. The number of nitrogens with two attached hydrogens (primary N) is 3. The van der Waals surface area contributed by atoms with Gasteiger partial charge in [-0.25, -0.2) is 4.79 Å². The number of carbonyl (C=O) groups is 7. The number of aliphatic carboxylic acids is 2. The number of rotatable bonds is 22. The quantitative estimate of drug-likeness (QED) is 0.0517. The number of aliphatic hydroxyl groups excluding tert-OH is 1. The highest BCUT2D eigenvalue weighted by Crippen LogP contribution is 2.04. The van der Waals surface area contributed by atoms with E-state index in [4.69, 9.17) is 22.3 Å². The molecule has 18 heteroatoms. The Hall–Kier alpha value is -3.87. The number of aliphatic hydroxyl groups is 1. The molecule has 0 fully saturated rings. The highest BCUT2D eigenvalue weighted by molar-refractivity contribution is 5.94.